The van der Waals surface area contributed by atoms with Crippen LogP contribution in [0, 0.1) is 0 Å². The molecule has 0 saturated heterocycles. The zero-order valence-electron chi connectivity index (χ0n) is 15.4. The van der Waals surface area contributed by atoms with Crippen LogP contribution in [-0.4, -0.2) is 35.1 Å². The Hall–Kier alpha value is -2.81. The van der Waals surface area contributed by atoms with Gasteiger partial charge in [-0.25, -0.2) is 8.42 Å². The van der Waals surface area contributed by atoms with E-state index in [9.17, 15) is 8.42 Å². The van der Waals surface area contributed by atoms with Crippen molar-refractivity contribution >= 4 is 38.0 Å². The molecule has 0 radical (unpaired) electrons. The Morgan fingerprint density at radius 3 is 2.78 bits per heavy atom. The van der Waals surface area contributed by atoms with Crippen LogP contribution in [0.5, 0.6) is 0 Å². The largest absolute Gasteiger partial charge is 0.374 e. The summed E-state index contributed by atoms with van der Waals surface area (Å²) in [5, 5.41) is 18.5. The average Bonchev–Trinajstić information content (AvgIpc) is 3.26. The molecule has 0 saturated carbocycles. The first-order valence-electron chi connectivity index (χ1n) is 8.83. The van der Waals surface area contributed by atoms with E-state index in [2.05, 4.69) is 44.3 Å². The Morgan fingerprint density at radius 2 is 2.11 bits per heavy atom. The standard InChI is InChI=1S/C18H22N6O2S/c1-4-5-12-10(2)15-13(21-17(12)11-8-19-20-9-11)6-7-14-16(15)18(23-22-14)24-27(3,25)26/h6-9,17,21H,4-5H2,1-3H3,(H,19,20)(H2,22,23,24). The van der Waals surface area contributed by atoms with Gasteiger partial charge in [0.1, 0.15) is 0 Å². The Balaban J connectivity index is 1.95. The van der Waals surface area contributed by atoms with Crippen molar-refractivity contribution in [1.29, 1.82) is 0 Å². The van der Waals surface area contributed by atoms with E-state index >= 15 is 0 Å². The average molecular weight is 386 g/mol. The molecule has 3 aromatic rings. The van der Waals surface area contributed by atoms with E-state index in [4.69, 9.17) is 0 Å². The summed E-state index contributed by atoms with van der Waals surface area (Å²) in [6.07, 6.45) is 6.80. The van der Waals surface area contributed by atoms with Crippen LogP contribution in [0.2, 0.25) is 0 Å². The molecule has 0 aliphatic carbocycles. The molecule has 4 rings (SSSR count). The fourth-order valence-corrected chi connectivity index (χ4v) is 4.30. The predicted octanol–water partition coefficient (Wildman–Crippen LogP) is 3.40. The van der Waals surface area contributed by atoms with E-state index in [1.165, 1.54) is 5.57 Å². The number of aromatic nitrogens is 4. The van der Waals surface area contributed by atoms with Crippen LogP contribution in [0.1, 0.15) is 43.9 Å². The summed E-state index contributed by atoms with van der Waals surface area (Å²) in [6.45, 7) is 4.24. The van der Waals surface area contributed by atoms with Crippen molar-refractivity contribution in [3.8, 4) is 0 Å². The van der Waals surface area contributed by atoms with Crippen LogP contribution < -0.4 is 10.0 Å². The summed E-state index contributed by atoms with van der Waals surface area (Å²) in [4.78, 5) is 0. The lowest BCUT2D eigenvalue weighted by atomic mass is 9.84. The van der Waals surface area contributed by atoms with Crippen molar-refractivity contribution in [1.82, 2.24) is 20.4 Å². The van der Waals surface area contributed by atoms with Gasteiger partial charge in [-0.3, -0.25) is 14.9 Å². The van der Waals surface area contributed by atoms with Gasteiger partial charge in [0.2, 0.25) is 10.0 Å². The quantitative estimate of drug-likeness (QED) is 0.536. The van der Waals surface area contributed by atoms with E-state index in [1.54, 1.807) is 0 Å². The van der Waals surface area contributed by atoms with Gasteiger partial charge in [-0.1, -0.05) is 13.3 Å². The molecule has 4 N–H and O–H groups in total. The maximum absolute atomic E-state index is 11.8. The number of benzene rings is 1. The molecule has 9 heteroatoms. The highest BCUT2D eigenvalue weighted by atomic mass is 32.2. The van der Waals surface area contributed by atoms with Crippen molar-refractivity contribution in [3.05, 3.63) is 41.2 Å². The molecular weight excluding hydrogens is 364 g/mol. The number of aromatic amines is 2. The molecule has 8 nitrogen and oxygen atoms in total. The minimum atomic E-state index is -3.43. The molecule has 0 bridgehead atoms. The molecule has 2 aromatic heterocycles. The van der Waals surface area contributed by atoms with Gasteiger partial charge in [-0.05, 0) is 36.6 Å². The van der Waals surface area contributed by atoms with E-state index < -0.39 is 10.0 Å². The fraction of sp³-hybridized carbons (Fsp3) is 0.333. The van der Waals surface area contributed by atoms with E-state index in [-0.39, 0.29) is 6.04 Å². The second kappa shape index (κ2) is 6.41. The first kappa shape index (κ1) is 17.6. The molecular formula is C18H22N6O2S. The molecule has 0 fully saturated rings. The molecule has 1 aliphatic heterocycles. The lowest BCUT2D eigenvalue weighted by molar-refractivity contribution is 0.606. The van der Waals surface area contributed by atoms with Gasteiger partial charge >= 0.3 is 0 Å². The van der Waals surface area contributed by atoms with Crippen molar-refractivity contribution in [2.75, 3.05) is 16.3 Å². The number of hydrogen-bond donors (Lipinski definition) is 4. The lowest BCUT2D eigenvalue weighted by Crippen LogP contribution is -2.19. The number of anilines is 2. The molecule has 1 unspecified atom stereocenters. The summed E-state index contributed by atoms with van der Waals surface area (Å²) < 4.78 is 26.1. The second-order valence-corrected chi connectivity index (χ2v) is 8.61. The van der Waals surface area contributed by atoms with Crippen LogP contribution in [0.25, 0.3) is 16.5 Å². The monoisotopic (exact) mass is 386 g/mol. The Kier molecular flexibility index (Phi) is 4.18. The Morgan fingerprint density at radius 1 is 1.30 bits per heavy atom. The molecule has 142 valence electrons. The van der Waals surface area contributed by atoms with Gasteiger partial charge in [0, 0.05) is 23.0 Å². The molecule has 27 heavy (non-hydrogen) atoms. The van der Waals surface area contributed by atoms with Crippen molar-refractivity contribution in [2.24, 2.45) is 0 Å². The van der Waals surface area contributed by atoms with Gasteiger partial charge in [-0.2, -0.15) is 10.2 Å². The fourth-order valence-electron chi connectivity index (χ4n) is 3.80. The number of sulfonamides is 1. The number of nitrogens with one attached hydrogen (secondary N) is 4. The molecule has 1 aliphatic rings. The van der Waals surface area contributed by atoms with Crippen molar-refractivity contribution in [3.63, 3.8) is 0 Å². The van der Waals surface area contributed by atoms with Gasteiger partial charge < -0.3 is 5.32 Å². The van der Waals surface area contributed by atoms with Gasteiger partial charge in [-0.15, -0.1) is 0 Å². The zero-order chi connectivity index (χ0) is 19.2. The molecule has 1 aromatic carbocycles. The van der Waals surface area contributed by atoms with Gasteiger partial charge in [0.15, 0.2) is 5.82 Å². The van der Waals surface area contributed by atoms with Gasteiger partial charge in [0.05, 0.1) is 29.4 Å². The van der Waals surface area contributed by atoms with Crippen LogP contribution in [-0.2, 0) is 10.0 Å². The maximum atomic E-state index is 11.8. The number of rotatable bonds is 5. The molecule has 0 amide bonds. The lowest BCUT2D eigenvalue weighted by Gasteiger charge is -2.31. The summed E-state index contributed by atoms with van der Waals surface area (Å²) >= 11 is 0. The smallest absolute Gasteiger partial charge is 0.231 e. The number of hydrogen-bond acceptors (Lipinski definition) is 5. The number of H-pyrrole nitrogens is 2. The van der Waals surface area contributed by atoms with Gasteiger partial charge in [0.25, 0.3) is 0 Å². The van der Waals surface area contributed by atoms with Crippen molar-refractivity contribution in [2.45, 2.75) is 32.7 Å². The minimum Gasteiger partial charge on any atom is -0.374 e. The third kappa shape index (κ3) is 3.08. The van der Waals surface area contributed by atoms with E-state index in [0.717, 1.165) is 52.4 Å². The third-order valence-corrected chi connectivity index (χ3v) is 5.45. The first-order chi connectivity index (χ1) is 12.9. The highest BCUT2D eigenvalue weighted by Gasteiger charge is 2.29. The van der Waals surface area contributed by atoms with E-state index in [0.29, 0.717) is 5.82 Å². The Labute approximate surface area is 157 Å². The number of fused-ring (bicyclic) bond motifs is 3. The summed E-state index contributed by atoms with van der Waals surface area (Å²) in [5.74, 6) is 0.322. The minimum absolute atomic E-state index is 0.0341. The summed E-state index contributed by atoms with van der Waals surface area (Å²) in [6, 6.07) is 3.94. The topological polar surface area (TPSA) is 116 Å². The van der Waals surface area contributed by atoms with Crippen LogP contribution in [0.4, 0.5) is 11.5 Å². The first-order valence-corrected chi connectivity index (χ1v) is 10.7. The van der Waals surface area contributed by atoms with Crippen molar-refractivity contribution < 1.29 is 8.42 Å². The predicted molar refractivity (Wildman–Crippen MR) is 107 cm³/mol. The second-order valence-electron chi connectivity index (χ2n) is 6.87. The zero-order valence-corrected chi connectivity index (χ0v) is 16.2. The number of allylic oxidation sites excluding steroid dienone is 1. The van der Waals surface area contributed by atoms with Crippen LogP contribution in [0.3, 0.4) is 0 Å². The molecule has 1 atom stereocenters. The summed E-state index contributed by atoms with van der Waals surface area (Å²) in [7, 11) is -3.43. The summed E-state index contributed by atoms with van der Waals surface area (Å²) in [5.41, 5.74) is 6.20. The highest BCUT2D eigenvalue weighted by Crippen LogP contribution is 2.45. The SMILES string of the molecule is CCCC1=C(C)c2c(ccc3[nH]nc(NS(C)(=O)=O)c23)NC1c1cn[nH]c1. The molecule has 3 heterocycles. The van der Waals surface area contributed by atoms with Crippen LogP contribution in [0.15, 0.2) is 30.1 Å². The van der Waals surface area contributed by atoms with E-state index in [1.807, 2.05) is 24.5 Å². The normalized spacial score (nSPS) is 17.1. The van der Waals surface area contributed by atoms with Crippen LogP contribution >= 0.6 is 0 Å². The maximum Gasteiger partial charge on any atom is 0.231 e. The number of nitrogens with zero attached hydrogens (tertiary/aromatic N) is 2. The Bertz CT molecular complexity index is 1130. The highest BCUT2D eigenvalue weighted by molar-refractivity contribution is 7.92. The third-order valence-electron chi connectivity index (χ3n) is 4.89. The molecule has 0 spiro atoms.